The van der Waals surface area contributed by atoms with Crippen LogP contribution in [-0.4, -0.2) is 115 Å². The smallest absolute Gasteiger partial charge is 0.335 e. The van der Waals surface area contributed by atoms with E-state index in [-0.39, 0.29) is 0 Å². The third-order valence-corrected chi connectivity index (χ3v) is 3.94. The lowest BCUT2D eigenvalue weighted by Gasteiger charge is -2.44. The SMILES string of the molecule is O=C(O)[C@H]1O[C@@H](O[C@H]2[C@@H](O)[C@@H](CO)OC(O)[C@@H]2O)[C@H](O)[C@@H](O)[C@@H]1O. The Labute approximate surface area is 135 Å². The molecule has 10 atom stereocenters. The summed E-state index contributed by atoms with van der Waals surface area (Å²) < 4.78 is 14.7. The van der Waals surface area contributed by atoms with Crippen molar-refractivity contribution in [3.63, 3.8) is 0 Å². The Bertz CT molecular complexity index is 446. The molecule has 2 rings (SSSR count). The standard InChI is InChI=1S/C12H20O12/c13-1-2-3(14)8(7(18)11(21)22-2)23-12-6(17)4(15)5(16)9(24-12)10(19)20/h2-9,11-18,21H,1H2,(H,19,20)/t2-,3+,4+,5+,6-,7-,8+,9+,11?,12-/m1/s1. The molecule has 0 bridgehead atoms. The molecule has 2 fully saturated rings. The van der Waals surface area contributed by atoms with E-state index in [0.717, 1.165) is 0 Å². The van der Waals surface area contributed by atoms with E-state index in [1.807, 2.05) is 0 Å². The Morgan fingerprint density at radius 1 is 0.875 bits per heavy atom. The van der Waals surface area contributed by atoms with E-state index in [2.05, 4.69) is 0 Å². The van der Waals surface area contributed by atoms with Gasteiger partial charge in [-0.25, -0.2) is 4.79 Å². The van der Waals surface area contributed by atoms with Crippen LogP contribution in [0.15, 0.2) is 0 Å². The first kappa shape index (κ1) is 19.4. The van der Waals surface area contributed by atoms with Gasteiger partial charge in [0, 0.05) is 0 Å². The fourth-order valence-corrected chi connectivity index (χ4v) is 2.55. The predicted octanol–water partition coefficient (Wildman–Crippen LogP) is -5.30. The molecule has 0 aromatic carbocycles. The number of carbonyl (C=O) groups is 1. The molecular weight excluding hydrogens is 336 g/mol. The highest BCUT2D eigenvalue weighted by atomic mass is 16.7. The number of carboxylic acids is 1. The van der Waals surface area contributed by atoms with E-state index in [9.17, 15) is 35.4 Å². The van der Waals surface area contributed by atoms with E-state index in [0.29, 0.717) is 0 Å². The third kappa shape index (κ3) is 3.52. The maximum absolute atomic E-state index is 11.0. The molecule has 2 aliphatic rings. The average molecular weight is 356 g/mol. The summed E-state index contributed by atoms with van der Waals surface area (Å²) in [6.07, 6.45) is -17.8. The summed E-state index contributed by atoms with van der Waals surface area (Å²) in [7, 11) is 0. The van der Waals surface area contributed by atoms with Gasteiger partial charge in [-0.2, -0.15) is 0 Å². The van der Waals surface area contributed by atoms with Crippen LogP contribution in [0.3, 0.4) is 0 Å². The van der Waals surface area contributed by atoms with Crippen LogP contribution in [0.25, 0.3) is 0 Å². The second kappa shape index (κ2) is 7.53. The summed E-state index contributed by atoms with van der Waals surface area (Å²) in [5, 5.41) is 76.4. The third-order valence-electron chi connectivity index (χ3n) is 3.94. The van der Waals surface area contributed by atoms with E-state index >= 15 is 0 Å². The number of carboxylic acid groups (broad SMARTS) is 1. The summed E-state index contributed by atoms with van der Waals surface area (Å²) in [4.78, 5) is 11.0. The number of aliphatic carboxylic acids is 1. The van der Waals surface area contributed by atoms with E-state index < -0.39 is 74.0 Å². The molecule has 0 spiro atoms. The second-order valence-electron chi connectivity index (χ2n) is 5.56. The zero-order valence-corrected chi connectivity index (χ0v) is 12.2. The van der Waals surface area contributed by atoms with Gasteiger partial charge in [0.1, 0.15) is 42.7 Å². The summed E-state index contributed by atoms with van der Waals surface area (Å²) in [6.45, 7) is -0.724. The van der Waals surface area contributed by atoms with Gasteiger partial charge in [0.25, 0.3) is 0 Å². The van der Waals surface area contributed by atoms with Gasteiger partial charge in [-0.3, -0.25) is 0 Å². The van der Waals surface area contributed by atoms with Crippen LogP contribution in [0.2, 0.25) is 0 Å². The number of rotatable bonds is 4. The molecular formula is C12H20O12. The van der Waals surface area contributed by atoms with E-state index in [1.165, 1.54) is 0 Å². The summed E-state index contributed by atoms with van der Waals surface area (Å²) in [5.74, 6) is -1.64. The van der Waals surface area contributed by atoms with Crippen molar-refractivity contribution in [1.29, 1.82) is 0 Å². The highest BCUT2D eigenvalue weighted by Gasteiger charge is 2.51. The lowest BCUT2D eigenvalue weighted by Crippen LogP contribution is -2.65. The van der Waals surface area contributed by atoms with Crippen molar-refractivity contribution in [3.8, 4) is 0 Å². The van der Waals surface area contributed by atoms with Crippen molar-refractivity contribution in [1.82, 2.24) is 0 Å². The van der Waals surface area contributed by atoms with Crippen molar-refractivity contribution < 1.29 is 59.9 Å². The Kier molecular flexibility index (Phi) is 6.09. The molecule has 2 heterocycles. The maximum Gasteiger partial charge on any atom is 0.335 e. The minimum absolute atomic E-state index is 0.724. The Morgan fingerprint density at radius 2 is 1.50 bits per heavy atom. The minimum atomic E-state index is -1.93. The fraction of sp³-hybridized carbons (Fsp3) is 0.917. The molecule has 24 heavy (non-hydrogen) atoms. The summed E-state index contributed by atoms with van der Waals surface area (Å²) in [5.41, 5.74) is 0. The molecule has 2 saturated heterocycles. The van der Waals surface area contributed by atoms with Crippen molar-refractivity contribution in [2.24, 2.45) is 0 Å². The molecule has 12 nitrogen and oxygen atoms in total. The van der Waals surface area contributed by atoms with Gasteiger partial charge < -0.3 is 55.1 Å². The number of hydrogen-bond acceptors (Lipinski definition) is 11. The first-order chi connectivity index (χ1) is 11.2. The Balaban J connectivity index is 2.16. The zero-order valence-electron chi connectivity index (χ0n) is 12.2. The topological polar surface area (TPSA) is 207 Å². The fourth-order valence-electron chi connectivity index (χ4n) is 2.55. The first-order valence-corrected chi connectivity index (χ1v) is 7.07. The quantitative estimate of drug-likeness (QED) is 0.238. The van der Waals surface area contributed by atoms with Crippen molar-refractivity contribution in [2.45, 2.75) is 61.4 Å². The van der Waals surface area contributed by atoms with Crippen LogP contribution in [0.5, 0.6) is 0 Å². The van der Waals surface area contributed by atoms with Crippen molar-refractivity contribution in [2.75, 3.05) is 6.61 Å². The molecule has 0 aliphatic carbocycles. The Morgan fingerprint density at radius 3 is 2.04 bits per heavy atom. The molecule has 0 saturated carbocycles. The first-order valence-electron chi connectivity index (χ1n) is 7.07. The van der Waals surface area contributed by atoms with Crippen LogP contribution in [0.1, 0.15) is 0 Å². The molecule has 1 unspecified atom stereocenters. The van der Waals surface area contributed by atoms with Gasteiger partial charge in [-0.15, -0.1) is 0 Å². The molecule has 2 aliphatic heterocycles. The normalized spacial score (nSPS) is 49.8. The number of hydrogen-bond donors (Lipinski definition) is 8. The molecule has 0 aromatic heterocycles. The van der Waals surface area contributed by atoms with Gasteiger partial charge >= 0.3 is 5.97 Å². The van der Waals surface area contributed by atoms with Crippen LogP contribution in [0, 0.1) is 0 Å². The summed E-state index contributed by atoms with van der Waals surface area (Å²) >= 11 is 0. The van der Waals surface area contributed by atoms with Crippen LogP contribution >= 0.6 is 0 Å². The van der Waals surface area contributed by atoms with Gasteiger partial charge in [-0.1, -0.05) is 0 Å². The van der Waals surface area contributed by atoms with Crippen LogP contribution in [0.4, 0.5) is 0 Å². The number of ether oxygens (including phenoxy) is 3. The van der Waals surface area contributed by atoms with Crippen molar-refractivity contribution >= 4 is 5.97 Å². The lowest BCUT2D eigenvalue weighted by molar-refractivity contribution is -0.351. The highest BCUT2D eigenvalue weighted by Crippen LogP contribution is 2.28. The monoisotopic (exact) mass is 356 g/mol. The van der Waals surface area contributed by atoms with Crippen LogP contribution in [-0.2, 0) is 19.0 Å². The largest absolute Gasteiger partial charge is 0.479 e. The number of aliphatic hydroxyl groups is 7. The van der Waals surface area contributed by atoms with Crippen LogP contribution < -0.4 is 0 Å². The van der Waals surface area contributed by atoms with Crippen molar-refractivity contribution in [3.05, 3.63) is 0 Å². The molecule has 0 amide bonds. The highest BCUT2D eigenvalue weighted by molar-refractivity contribution is 5.73. The Hall–Kier alpha value is -0.930. The maximum atomic E-state index is 11.0. The average Bonchev–Trinajstić information content (AvgIpc) is 2.54. The zero-order chi connectivity index (χ0) is 18.2. The van der Waals surface area contributed by atoms with E-state index in [1.54, 1.807) is 0 Å². The molecule has 0 aromatic rings. The van der Waals surface area contributed by atoms with Gasteiger partial charge in [0.05, 0.1) is 6.61 Å². The van der Waals surface area contributed by atoms with E-state index in [4.69, 9.17) is 24.4 Å². The predicted molar refractivity (Wildman–Crippen MR) is 69.2 cm³/mol. The molecule has 8 N–H and O–H groups in total. The number of aliphatic hydroxyl groups excluding tert-OH is 7. The lowest BCUT2D eigenvalue weighted by atomic mass is 9.97. The minimum Gasteiger partial charge on any atom is -0.479 e. The van der Waals surface area contributed by atoms with Gasteiger partial charge in [-0.05, 0) is 0 Å². The summed E-state index contributed by atoms with van der Waals surface area (Å²) in [6, 6.07) is 0. The molecule has 0 radical (unpaired) electrons. The van der Waals surface area contributed by atoms with Gasteiger partial charge in [0.2, 0.25) is 0 Å². The second-order valence-corrected chi connectivity index (χ2v) is 5.56. The molecule has 12 heteroatoms. The molecule has 140 valence electrons. The van der Waals surface area contributed by atoms with Gasteiger partial charge in [0.15, 0.2) is 18.7 Å².